The first kappa shape index (κ1) is 18.1. The van der Waals surface area contributed by atoms with Crippen LogP contribution in [0.4, 0.5) is 0 Å². The second-order valence-corrected chi connectivity index (χ2v) is 5.52. The zero-order valence-electron chi connectivity index (χ0n) is 10.6. The number of hydrogen-bond acceptors (Lipinski definition) is 10. The number of rotatable bonds is 8. The van der Waals surface area contributed by atoms with Crippen molar-refractivity contribution in [2.24, 2.45) is 0 Å². The number of carbonyl (C=O) groups excluding carboxylic acids is 2. The highest BCUT2D eigenvalue weighted by Crippen LogP contribution is 2.46. The van der Waals surface area contributed by atoms with Gasteiger partial charge in [0.1, 0.15) is 12.2 Å². The molecule has 1 aliphatic rings. The van der Waals surface area contributed by atoms with E-state index in [1.54, 1.807) is 0 Å². The molecule has 0 radical (unpaired) electrons. The number of cyclic esters (lactones) is 1. The molecule has 21 heavy (non-hydrogen) atoms. The van der Waals surface area contributed by atoms with Gasteiger partial charge in [0.2, 0.25) is 0 Å². The average Bonchev–Trinajstić information content (AvgIpc) is 2.71. The molecular formula is C9H15O11P. The van der Waals surface area contributed by atoms with Crippen LogP contribution in [-0.2, 0) is 27.9 Å². The Balaban J connectivity index is 2.75. The zero-order chi connectivity index (χ0) is 16.2. The number of Topliss-reactive ketones (excluding diaryl/α,β-unsaturated/α-hetero) is 1. The molecule has 5 atom stereocenters. The maximum absolute atomic E-state index is 11.6. The third-order valence-electron chi connectivity index (χ3n) is 2.45. The van der Waals surface area contributed by atoms with Gasteiger partial charge in [0.05, 0.1) is 19.8 Å². The summed E-state index contributed by atoms with van der Waals surface area (Å²) in [5.74, 6) is -2.72. The van der Waals surface area contributed by atoms with E-state index in [-0.39, 0.29) is 0 Å². The Morgan fingerprint density at radius 2 is 1.86 bits per heavy atom. The summed E-state index contributed by atoms with van der Waals surface area (Å²) in [5.41, 5.74) is 0. The molecule has 1 rings (SSSR count). The SMILES string of the molecule is O=C1O[C@H]([C@@H](O)CO)C(OP(=O)(O)OCC(O)CO)C1=O. The quantitative estimate of drug-likeness (QED) is 0.171. The zero-order valence-corrected chi connectivity index (χ0v) is 11.5. The molecule has 0 amide bonds. The Morgan fingerprint density at radius 1 is 1.24 bits per heavy atom. The first-order chi connectivity index (χ1) is 9.71. The Bertz CT molecular complexity index is 437. The number of aliphatic hydroxyl groups excluding tert-OH is 4. The van der Waals surface area contributed by atoms with Crippen molar-refractivity contribution >= 4 is 19.6 Å². The molecule has 1 aliphatic heterocycles. The number of carbonyl (C=O) groups is 2. The molecule has 1 fully saturated rings. The fourth-order valence-corrected chi connectivity index (χ4v) is 2.33. The van der Waals surface area contributed by atoms with E-state index in [1.165, 1.54) is 0 Å². The fourth-order valence-electron chi connectivity index (χ4n) is 1.41. The molecule has 0 aliphatic carbocycles. The lowest BCUT2D eigenvalue weighted by Gasteiger charge is -2.22. The van der Waals surface area contributed by atoms with Gasteiger partial charge in [0.15, 0.2) is 12.2 Å². The summed E-state index contributed by atoms with van der Waals surface area (Å²) >= 11 is 0. The van der Waals surface area contributed by atoms with Crippen molar-refractivity contribution in [1.82, 2.24) is 0 Å². The minimum atomic E-state index is -4.88. The highest BCUT2D eigenvalue weighted by atomic mass is 31.2. The van der Waals surface area contributed by atoms with Crippen molar-refractivity contribution in [1.29, 1.82) is 0 Å². The Hall–Kier alpha value is -0.910. The van der Waals surface area contributed by atoms with Crippen LogP contribution in [0.1, 0.15) is 0 Å². The largest absolute Gasteiger partial charge is 0.473 e. The molecule has 122 valence electrons. The number of ether oxygens (including phenoxy) is 1. The lowest BCUT2D eigenvalue weighted by Crippen LogP contribution is -2.40. The van der Waals surface area contributed by atoms with Crippen molar-refractivity contribution in [2.45, 2.75) is 24.4 Å². The minimum absolute atomic E-state index is 0.740. The van der Waals surface area contributed by atoms with Gasteiger partial charge >= 0.3 is 13.8 Å². The van der Waals surface area contributed by atoms with Crippen molar-refractivity contribution in [2.75, 3.05) is 19.8 Å². The van der Waals surface area contributed by atoms with E-state index >= 15 is 0 Å². The standard InChI is InChI=1S/C9H15O11P/c10-1-4(12)3-18-21(16,17)20-8-6(14)9(15)19-7(8)5(13)2-11/h4-5,7-8,10-13H,1-3H2,(H,16,17)/t4?,5-,7+,8?/m0/s1. The van der Waals surface area contributed by atoms with Gasteiger partial charge in [-0.25, -0.2) is 9.36 Å². The van der Waals surface area contributed by atoms with E-state index < -0.39 is 63.8 Å². The van der Waals surface area contributed by atoms with Crippen LogP contribution < -0.4 is 0 Å². The summed E-state index contributed by atoms with van der Waals surface area (Å²) in [6.45, 7) is -2.39. The fraction of sp³-hybridized carbons (Fsp3) is 0.778. The van der Waals surface area contributed by atoms with Gasteiger partial charge in [-0.3, -0.25) is 13.8 Å². The van der Waals surface area contributed by atoms with Crippen LogP contribution in [0, 0.1) is 0 Å². The number of aliphatic hydroxyl groups is 4. The van der Waals surface area contributed by atoms with Gasteiger partial charge in [0, 0.05) is 0 Å². The second-order valence-electron chi connectivity index (χ2n) is 4.11. The summed E-state index contributed by atoms with van der Waals surface area (Å²) in [4.78, 5) is 31.9. The van der Waals surface area contributed by atoms with Crippen LogP contribution in [0.2, 0.25) is 0 Å². The van der Waals surface area contributed by atoms with Gasteiger partial charge < -0.3 is 30.1 Å². The molecule has 0 aromatic carbocycles. The monoisotopic (exact) mass is 330 g/mol. The third-order valence-corrected chi connectivity index (χ3v) is 3.42. The third kappa shape index (κ3) is 4.80. The van der Waals surface area contributed by atoms with Gasteiger partial charge in [-0.05, 0) is 0 Å². The van der Waals surface area contributed by atoms with E-state index in [2.05, 4.69) is 13.8 Å². The highest BCUT2D eigenvalue weighted by Gasteiger charge is 2.51. The Morgan fingerprint density at radius 3 is 2.38 bits per heavy atom. The summed E-state index contributed by atoms with van der Waals surface area (Å²) < 4.78 is 24.7. The van der Waals surface area contributed by atoms with Crippen LogP contribution in [0.15, 0.2) is 0 Å². The number of phosphoric ester groups is 1. The molecule has 0 bridgehead atoms. The molecule has 3 unspecified atom stereocenters. The van der Waals surface area contributed by atoms with E-state index in [1.807, 2.05) is 0 Å². The predicted octanol–water partition coefficient (Wildman–Crippen LogP) is -3.31. The maximum atomic E-state index is 11.6. The Kier molecular flexibility index (Phi) is 6.38. The van der Waals surface area contributed by atoms with Crippen LogP contribution in [0.25, 0.3) is 0 Å². The topological polar surface area (TPSA) is 180 Å². The van der Waals surface area contributed by atoms with E-state index in [9.17, 15) is 24.2 Å². The molecule has 5 N–H and O–H groups in total. The van der Waals surface area contributed by atoms with E-state index in [4.69, 9.17) is 15.3 Å². The smallest absolute Gasteiger partial charge is 0.450 e. The highest BCUT2D eigenvalue weighted by molar-refractivity contribution is 7.47. The number of phosphoric acid groups is 1. The lowest BCUT2D eigenvalue weighted by molar-refractivity contribution is -0.152. The van der Waals surface area contributed by atoms with Gasteiger partial charge in [0.25, 0.3) is 5.78 Å². The van der Waals surface area contributed by atoms with Crippen molar-refractivity contribution < 1.29 is 53.3 Å². The molecule has 1 heterocycles. The van der Waals surface area contributed by atoms with E-state index in [0.717, 1.165) is 0 Å². The number of hydrogen-bond donors (Lipinski definition) is 5. The van der Waals surface area contributed by atoms with E-state index in [0.29, 0.717) is 0 Å². The molecule has 11 nitrogen and oxygen atoms in total. The first-order valence-electron chi connectivity index (χ1n) is 5.70. The molecular weight excluding hydrogens is 315 g/mol. The van der Waals surface area contributed by atoms with Gasteiger partial charge in [-0.1, -0.05) is 0 Å². The summed E-state index contributed by atoms with van der Waals surface area (Å²) in [6, 6.07) is 0. The van der Waals surface area contributed by atoms with Crippen molar-refractivity contribution in [3.63, 3.8) is 0 Å². The lowest BCUT2D eigenvalue weighted by atomic mass is 10.1. The van der Waals surface area contributed by atoms with Crippen LogP contribution in [0.3, 0.4) is 0 Å². The van der Waals surface area contributed by atoms with Gasteiger partial charge in [-0.2, -0.15) is 0 Å². The normalized spacial score (nSPS) is 28.0. The molecule has 0 spiro atoms. The average molecular weight is 330 g/mol. The molecule has 1 saturated heterocycles. The van der Waals surface area contributed by atoms with Crippen LogP contribution >= 0.6 is 7.82 Å². The summed E-state index contributed by atoms with van der Waals surface area (Å²) in [7, 11) is -4.88. The molecule has 12 heteroatoms. The van der Waals surface area contributed by atoms with Crippen molar-refractivity contribution in [3.8, 4) is 0 Å². The summed E-state index contributed by atoms with van der Waals surface area (Å²) in [6.07, 6.45) is -6.76. The molecule has 0 saturated carbocycles. The van der Waals surface area contributed by atoms with Crippen LogP contribution in [-0.4, -0.2) is 81.3 Å². The van der Waals surface area contributed by atoms with Crippen LogP contribution in [0.5, 0.6) is 0 Å². The molecule has 0 aromatic rings. The van der Waals surface area contributed by atoms with Gasteiger partial charge in [-0.15, -0.1) is 0 Å². The predicted molar refractivity (Wildman–Crippen MR) is 61.7 cm³/mol. The second kappa shape index (κ2) is 7.38. The Labute approximate surface area is 118 Å². The minimum Gasteiger partial charge on any atom is -0.450 e. The molecule has 0 aromatic heterocycles. The summed E-state index contributed by atoms with van der Waals surface area (Å²) in [5, 5.41) is 35.6. The number of esters is 1. The number of ketones is 1. The van der Waals surface area contributed by atoms with Crippen molar-refractivity contribution in [3.05, 3.63) is 0 Å². The maximum Gasteiger partial charge on any atom is 0.473 e. The first-order valence-corrected chi connectivity index (χ1v) is 7.19.